The highest BCUT2D eigenvalue weighted by molar-refractivity contribution is 5.80. The van der Waals surface area contributed by atoms with E-state index in [0.717, 1.165) is 5.56 Å². The molecule has 3 rings (SSSR count). The van der Waals surface area contributed by atoms with Crippen LogP contribution in [0.5, 0.6) is 11.5 Å². The largest absolute Gasteiger partial charge is 0.493 e. The van der Waals surface area contributed by atoms with E-state index in [1.54, 1.807) is 14.2 Å². The third-order valence-electron chi connectivity index (χ3n) is 4.69. The van der Waals surface area contributed by atoms with E-state index < -0.39 is 11.6 Å². The topological polar surface area (TPSA) is 54.9 Å². The van der Waals surface area contributed by atoms with Crippen molar-refractivity contribution in [3.05, 3.63) is 59.2 Å². The molecule has 0 saturated heterocycles. The SMILES string of the molecule is CCNC(=NCc1ccc(OC)c(OC)c1)NC1CC1c1c(F)cccc1F. The van der Waals surface area contributed by atoms with Crippen molar-refractivity contribution in [3.8, 4) is 11.5 Å². The summed E-state index contributed by atoms with van der Waals surface area (Å²) in [7, 11) is 3.18. The highest BCUT2D eigenvalue weighted by atomic mass is 19.1. The second kappa shape index (κ2) is 8.91. The van der Waals surface area contributed by atoms with Gasteiger partial charge in [-0.2, -0.15) is 0 Å². The predicted octanol–water partition coefficient (Wildman–Crippen LogP) is 3.59. The average molecular weight is 389 g/mol. The van der Waals surface area contributed by atoms with Gasteiger partial charge in [-0.25, -0.2) is 13.8 Å². The summed E-state index contributed by atoms with van der Waals surface area (Å²) < 4.78 is 38.5. The number of nitrogens with zero attached hydrogens (tertiary/aromatic N) is 1. The molecule has 150 valence electrons. The number of methoxy groups -OCH3 is 2. The van der Waals surface area contributed by atoms with Gasteiger partial charge in [0.2, 0.25) is 0 Å². The van der Waals surface area contributed by atoms with Crippen LogP contribution in [0, 0.1) is 11.6 Å². The van der Waals surface area contributed by atoms with Crippen LogP contribution in [-0.4, -0.2) is 32.8 Å². The number of guanidine groups is 1. The summed E-state index contributed by atoms with van der Waals surface area (Å²) in [5.41, 5.74) is 1.11. The van der Waals surface area contributed by atoms with E-state index in [4.69, 9.17) is 9.47 Å². The number of hydrogen-bond donors (Lipinski definition) is 2. The third-order valence-corrected chi connectivity index (χ3v) is 4.69. The number of rotatable bonds is 7. The first-order chi connectivity index (χ1) is 13.6. The van der Waals surface area contributed by atoms with Gasteiger partial charge in [0, 0.05) is 24.1 Å². The van der Waals surface area contributed by atoms with Crippen molar-refractivity contribution in [2.75, 3.05) is 20.8 Å². The molecule has 1 fully saturated rings. The van der Waals surface area contributed by atoms with Gasteiger partial charge in [0.1, 0.15) is 11.6 Å². The Hall–Kier alpha value is -2.83. The quantitative estimate of drug-likeness (QED) is 0.561. The highest BCUT2D eigenvalue weighted by Gasteiger charge is 2.42. The van der Waals surface area contributed by atoms with Crippen LogP contribution in [-0.2, 0) is 6.54 Å². The van der Waals surface area contributed by atoms with Gasteiger partial charge in [0.25, 0.3) is 0 Å². The Bertz CT molecular complexity index is 837. The molecular formula is C21H25F2N3O2. The van der Waals surface area contributed by atoms with Crippen LogP contribution in [0.4, 0.5) is 8.78 Å². The van der Waals surface area contributed by atoms with Gasteiger partial charge in [0.15, 0.2) is 17.5 Å². The Labute approximate surface area is 163 Å². The Kier molecular flexibility index (Phi) is 6.34. The van der Waals surface area contributed by atoms with E-state index in [2.05, 4.69) is 15.6 Å². The lowest BCUT2D eigenvalue weighted by molar-refractivity contribution is 0.354. The van der Waals surface area contributed by atoms with E-state index in [1.165, 1.54) is 18.2 Å². The van der Waals surface area contributed by atoms with E-state index >= 15 is 0 Å². The molecule has 0 aliphatic heterocycles. The van der Waals surface area contributed by atoms with Gasteiger partial charge >= 0.3 is 0 Å². The molecule has 2 atom stereocenters. The zero-order chi connectivity index (χ0) is 20.1. The molecule has 0 radical (unpaired) electrons. The number of ether oxygens (including phenoxy) is 2. The third kappa shape index (κ3) is 4.52. The minimum Gasteiger partial charge on any atom is -0.493 e. The first kappa shape index (κ1) is 19.9. The molecule has 28 heavy (non-hydrogen) atoms. The molecule has 1 saturated carbocycles. The maximum absolute atomic E-state index is 14.0. The van der Waals surface area contributed by atoms with Crippen molar-refractivity contribution in [1.82, 2.24) is 10.6 Å². The monoisotopic (exact) mass is 389 g/mol. The zero-order valence-corrected chi connectivity index (χ0v) is 16.3. The summed E-state index contributed by atoms with van der Waals surface area (Å²) in [6.07, 6.45) is 0.665. The van der Waals surface area contributed by atoms with Crippen LogP contribution >= 0.6 is 0 Å². The van der Waals surface area contributed by atoms with Crippen LogP contribution in [0.15, 0.2) is 41.4 Å². The van der Waals surface area contributed by atoms with Crippen molar-refractivity contribution in [1.29, 1.82) is 0 Å². The smallest absolute Gasteiger partial charge is 0.191 e. The maximum atomic E-state index is 14.0. The van der Waals surface area contributed by atoms with Crippen LogP contribution in [0.1, 0.15) is 30.4 Å². The minimum atomic E-state index is -0.499. The summed E-state index contributed by atoms with van der Waals surface area (Å²) in [4.78, 5) is 4.58. The number of nitrogens with one attached hydrogen (secondary N) is 2. The van der Waals surface area contributed by atoms with Crippen molar-refractivity contribution in [2.24, 2.45) is 4.99 Å². The van der Waals surface area contributed by atoms with Gasteiger partial charge in [-0.15, -0.1) is 0 Å². The standard InChI is InChI=1S/C21H25F2N3O2/c1-4-24-21(25-12-13-8-9-18(27-2)19(10-13)28-3)26-17-11-14(17)20-15(22)6-5-7-16(20)23/h5-10,14,17H,4,11-12H2,1-3H3,(H2,24,25,26). The Balaban J connectivity index is 1.67. The lowest BCUT2D eigenvalue weighted by Crippen LogP contribution is -2.39. The molecule has 5 nitrogen and oxygen atoms in total. The molecule has 1 aliphatic rings. The van der Waals surface area contributed by atoms with Crippen LogP contribution in [0.2, 0.25) is 0 Å². The van der Waals surface area contributed by atoms with Gasteiger partial charge in [-0.05, 0) is 43.2 Å². The van der Waals surface area contributed by atoms with Crippen molar-refractivity contribution < 1.29 is 18.3 Å². The molecular weight excluding hydrogens is 364 g/mol. The van der Waals surface area contributed by atoms with Gasteiger partial charge in [-0.3, -0.25) is 0 Å². The lowest BCUT2D eigenvalue weighted by atomic mass is 10.1. The Morgan fingerprint density at radius 1 is 1.11 bits per heavy atom. The fourth-order valence-corrected chi connectivity index (χ4v) is 3.18. The lowest BCUT2D eigenvalue weighted by Gasteiger charge is -2.12. The molecule has 1 aliphatic carbocycles. The average Bonchev–Trinajstić information content (AvgIpc) is 3.44. The number of halogens is 2. The van der Waals surface area contributed by atoms with Crippen LogP contribution < -0.4 is 20.1 Å². The van der Waals surface area contributed by atoms with E-state index in [9.17, 15) is 8.78 Å². The molecule has 2 unspecified atom stereocenters. The number of aliphatic imine (C=N–C) groups is 1. The normalized spacial score (nSPS) is 18.5. The van der Waals surface area contributed by atoms with Gasteiger partial charge in [-0.1, -0.05) is 12.1 Å². The number of hydrogen-bond acceptors (Lipinski definition) is 3. The molecule has 0 aromatic heterocycles. The van der Waals surface area contributed by atoms with E-state index in [-0.39, 0.29) is 17.5 Å². The highest BCUT2D eigenvalue weighted by Crippen LogP contribution is 2.43. The second-order valence-electron chi connectivity index (χ2n) is 6.61. The van der Waals surface area contributed by atoms with Crippen molar-refractivity contribution in [3.63, 3.8) is 0 Å². The zero-order valence-electron chi connectivity index (χ0n) is 16.3. The summed E-state index contributed by atoms with van der Waals surface area (Å²) >= 11 is 0. The maximum Gasteiger partial charge on any atom is 0.191 e. The van der Waals surface area contributed by atoms with Crippen molar-refractivity contribution in [2.45, 2.75) is 31.8 Å². The molecule has 0 bridgehead atoms. The van der Waals surface area contributed by atoms with Crippen molar-refractivity contribution >= 4 is 5.96 Å². The fourth-order valence-electron chi connectivity index (χ4n) is 3.18. The molecule has 0 spiro atoms. The molecule has 7 heteroatoms. The van der Waals surface area contributed by atoms with Crippen LogP contribution in [0.25, 0.3) is 0 Å². The number of benzene rings is 2. The molecule has 2 N–H and O–H groups in total. The summed E-state index contributed by atoms with van der Waals surface area (Å²) in [5, 5.41) is 6.44. The van der Waals surface area contributed by atoms with Gasteiger partial charge < -0.3 is 20.1 Å². The molecule has 2 aromatic rings. The first-order valence-electron chi connectivity index (χ1n) is 9.27. The Morgan fingerprint density at radius 2 is 1.82 bits per heavy atom. The molecule has 0 amide bonds. The fraction of sp³-hybridized carbons (Fsp3) is 0.381. The van der Waals surface area contributed by atoms with E-state index in [1.807, 2.05) is 25.1 Å². The summed E-state index contributed by atoms with van der Waals surface area (Å²) in [6.45, 7) is 3.08. The predicted molar refractivity (Wildman–Crippen MR) is 105 cm³/mol. The summed E-state index contributed by atoms with van der Waals surface area (Å²) in [6, 6.07) is 9.56. The molecule has 2 aromatic carbocycles. The van der Waals surface area contributed by atoms with E-state index in [0.29, 0.717) is 37.0 Å². The first-order valence-corrected chi connectivity index (χ1v) is 9.27. The minimum absolute atomic E-state index is 0.0467. The summed E-state index contributed by atoms with van der Waals surface area (Å²) in [5.74, 6) is 0.731. The van der Waals surface area contributed by atoms with Crippen LogP contribution in [0.3, 0.4) is 0 Å². The van der Waals surface area contributed by atoms with Gasteiger partial charge in [0.05, 0.1) is 20.8 Å². The second-order valence-corrected chi connectivity index (χ2v) is 6.61. The Morgan fingerprint density at radius 3 is 2.46 bits per heavy atom. The molecule has 0 heterocycles.